The zero-order valence-electron chi connectivity index (χ0n) is 10.6. The third kappa shape index (κ3) is 3.19. The summed E-state index contributed by atoms with van der Waals surface area (Å²) in [6, 6.07) is 0.807. The van der Waals surface area contributed by atoms with Crippen LogP contribution in [0.15, 0.2) is 0 Å². The van der Waals surface area contributed by atoms with Gasteiger partial charge >= 0.3 is 0 Å². The van der Waals surface area contributed by atoms with Crippen molar-refractivity contribution in [1.29, 1.82) is 0 Å². The second-order valence-electron chi connectivity index (χ2n) is 5.56. The topological polar surface area (TPSA) is 26.7 Å². The lowest BCUT2D eigenvalue weighted by Crippen LogP contribution is -2.38. The maximum Gasteiger partial charge on any atom is 0.0471 e. The van der Waals surface area contributed by atoms with E-state index in [0.29, 0.717) is 12.5 Å². The predicted molar refractivity (Wildman–Crippen MR) is 66.5 cm³/mol. The Labute approximate surface area is 99.4 Å². The molecule has 2 heterocycles. The van der Waals surface area contributed by atoms with Crippen LogP contribution in [0.1, 0.15) is 32.1 Å². The number of piperidine rings is 1. The highest BCUT2D eigenvalue weighted by Gasteiger charge is 2.24. The Bertz CT molecular complexity index is 210. The van der Waals surface area contributed by atoms with Crippen LogP contribution in [0.25, 0.3) is 0 Å². The van der Waals surface area contributed by atoms with E-state index in [4.69, 9.17) is 5.11 Å². The van der Waals surface area contributed by atoms with E-state index >= 15 is 0 Å². The van der Waals surface area contributed by atoms with E-state index in [1.165, 1.54) is 51.7 Å². The van der Waals surface area contributed by atoms with Crippen molar-refractivity contribution in [3.05, 3.63) is 0 Å². The summed E-state index contributed by atoms with van der Waals surface area (Å²) in [7, 11) is 2.27. The first kappa shape index (κ1) is 12.3. The lowest BCUT2D eigenvalue weighted by Gasteiger charge is -2.33. The van der Waals surface area contributed by atoms with Crippen molar-refractivity contribution < 1.29 is 5.11 Å². The molecule has 16 heavy (non-hydrogen) atoms. The molecule has 2 aliphatic heterocycles. The van der Waals surface area contributed by atoms with Crippen molar-refractivity contribution in [1.82, 2.24) is 9.80 Å². The lowest BCUT2D eigenvalue weighted by atomic mass is 10.00. The molecule has 2 saturated heterocycles. The number of nitrogens with zero attached hydrogens (tertiary/aromatic N) is 2. The van der Waals surface area contributed by atoms with Gasteiger partial charge in [-0.25, -0.2) is 0 Å². The smallest absolute Gasteiger partial charge is 0.0471 e. The molecule has 0 aromatic rings. The van der Waals surface area contributed by atoms with Gasteiger partial charge in [0.15, 0.2) is 0 Å². The van der Waals surface area contributed by atoms with Gasteiger partial charge in [0.25, 0.3) is 0 Å². The summed E-state index contributed by atoms with van der Waals surface area (Å²) in [5.74, 6) is 0.545. The van der Waals surface area contributed by atoms with E-state index < -0.39 is 0 Å². The molecule has 0 aliphatic carbocycles. The molecular weight excluding hydrogens is 200 g/mol. The van der Waals surface area contributed by atoms with Gasteiger partial charge in [-0.3, -0.25) is 0 Å². The van der Waals surface area contributed by atoms with Crippen LogP contribution < -0.4 is 0 Å². The molecule has 3 heteroatoms. The standard InChI is InChI=1S/C13H26N2O/c1-14-7-3-2-4-13(14)6-9-15-8-5-12(10-15)11-16/h12-13,16H,2-11H2,1H3. The highest BCUT2D eigenvalue weighted by molar-refractivity contribution is 4.79. The molecule has 3 nitrogen and oxygen atoms in total. The average Bonchev–Trinajstić information content (AvgIpc) is 2.76. The van der Waals surface area contributed by atoms with Gasteiger partial charge in [-0.1, -0.05) is 6.42 Å². The molecule has 1 N–H and O–H groups in total. The van der Waals surface area contributed by atoms with Gasteiger partial charge in [0.1, 0.15) is 0 Å². The van der Waals surface area contributed by atoms with E-state index in [1.807, 2.05) is 0 Å². The fourth-order valence-corrected chi connectivity index (χ4v) is 3.11. The lowest BCUT2D eigenvalue weighted by molar-refractivity contribution is 0.157. The maximum atomic E-state index is 9.11. The van der Waals surface area contributed by atoms with Crippen molar-refractivity contribution >= 4 is 0 Å². The van der Waals surface area contributed by atoms with Gasteiger partial charge in [-0.15, -0.1) is 0 Å². The number of aliphatic hydroxyl groups is 1. The van der Waals surface area contributed by atoms with Crippen molar-refractivity contribution in [2.75, 3.05) is 39.8 Å². The van der Waals surface area contributed by atoms with Crippen molar-refractivity contribution in [3.63, 3.8) is 0 Å². The molecule has 2 unspecified atom stereocenters. The number of hydrogen-bond donors (Lipinski definition) is 1. The minimum absolute atomic E-state index is 0.375. The molecule has 0 radical (unpaired) electrons. The van der Waals surface area contributed by atoms with Gasteiger partial charge in [0, 0.05) is 19.2 Å². The molecule has 2 rings (SSSR count). The summed E-state index contributed by atoms with van der Waals surface area (Å²) in [6.45, 7) is 5.20. The van der Waals surface area contributed by atoms with Crippen LogP contribution in [0.4, 0.5) is 0 Å². The largest absolute Gasteiger partial charge is 0.396 e. The van der Waals surface area contributed by atoms with Gasteiger partial charge in [0.2, 0.25) is 0 Å². The van der Waals surface area contributed by atoms with Gasteiger partial charge < -0.3 is 14.9 Å². The Hall–Kier alpha value is -0.120. The summed E-state index contributed by atoms with van der Waals surface area (Å²) < 4.78 is 0. The molecule has 0 aromatic heterocycles. The first-order valence-corrected chi connectivity index (χ1v) is 6.83. The van der Waals surface area contributed by atoms with Crippen LogP contribution in [0.5, 0.6) is 0 Å². The zero-order chi connectivity index (χ0) is 11.4. The van der Waals surface area contributed by atoms with Crippen LogP contribution in [-0.2, 0) is 0 Å². The minimum Gasteiger partial charge on any atom is -0.396 e. The van der Waals surface area contributed by atoms with Crippen LogP contribution in [0, 0.1) is 5.92 Å². The second-order valence-corrected chi connectivity index (χ2v) is 5.56. The second kappa shape index (κ2) is 5.99. The number of rotatable bonds is 4. The number of hydrogen-bond acceptors (Lipinski definition) is 3. The van der Waals surface area contributed by atoms with E-state index in [0.717, 1.165) is 12.6 Å². The molecule has 0 bridgehead atoms. The third-order valence-corrected chi connectivity index (χ3v) is 4.33. The third-order valence-electron chi connectivity index (χ3n) is 4.33. The number of aliphatic hydroxyl groups excluding tert-OH is 1. The maximum absolute atomic E-state index is 9.11. The van der Waals surface area contributed by atoms with E-state index in [2.05, 4.69) is 16.8 Å². The molecule has 94 valence electrons. The first-order valence-electron chi connectivity index (χ1n) is 6.83. The van der Waals surface area contributed by atoms with Gasteiger partial charge in [-0.2, -0.15) is 0 Å². The molecule has 0 amide bonds. The minimum atomic E-state index is 0.375. The SMILES string of the molecule is CN1CCCCC1CCN1CCC(CO)C1. The summed E-state index contributed by atoms with van der Waals surface area (Å²) in [5, 5.41) is 9.11. The Balaban J connectivity index is 1.67. The molecule has 2 aliphatic rings. The Kier molecular flexibility index (Phi) is 4.62. The quantitative estimate of drug-likeness (QED) is 0.779. The number of likely N-dealkylation sites (tertiary alicyclic amines) is 2. The zero-order valence-corrected chi connectivity index (χ0v) is 10.6. The summed E-state index contributed by atoms with van der Waals surface area (Å²) in [5.41, 5.74) is 0. The molecule has 2 fully saturated rings. The highest BCUT2D eigenvalue weighted by atomic mass is 16.3. The average molecular weight is 226 g/mol. The fourth-order valence-electron chi connectivity index (χ4n) is 3.11. The molecule has 0 spiro atoms. The Morgan fingerprint density at radius 3 is 2.75 bits per heavy atom. The highest BCUT2D eigenvalue weighted by Crippen LogP contribution is 2.20. The van der Waals surface area contributed by atoms with Crippen molar-refractivity contribution in [2.45, 2.75) is 38.1 Å². The normalized spacial score (nSPS) is 33.4. The summed E-state index contributed by atoms with van der Waals surface area (Å²) in [4.78, 5) is 5.06. The van der Waals surface area contributed by atoms with Crippen LogP contribution in [0.3, 0.4) is 0 Å². The Morgan fingerprint density at radius 1 is 1.19 bits per heavy atom. The molecule has 0 saturated carbocycles. The van der Waals surface area contributed by atoms with Crippen molar-refractivity contribution in [3.8, 4) is 0 Å². The van der Waals surface area contributed by atoms with Gasteiger partial charge in [0.05, 0.1) is 0 Å². The molecule has 2 atom stereocenters. The first-order chi connectivity index (χ1) is 7.79. The fraction of sp³-hybridized carbons (Fsp3) is 1.00. The summed E-state index contributed by atoms with van der Waals surface area (Å²) >= 11 is 0. The van der Waals surface area contributed by atoms with E-state index in [1.54, 1.807) is 0 Å². The van der Waals surface area contributed by atoms with Crippen LogP contribution in [-0.4, -0.2) is 60.8 Å². The monoisotopic (exact) mass is 226 g/mol. The Morgan fingerprint density at radius 2 is 2.06 bits per heavy atom. The predicted octanol–water partition coefficient (Wildman–Crippen LogP) is 1.18. The van der Waals surface area contributed by atoms with Crippen LogP contribution >= 0.6 is 0 Å². The van der Waals surface area contributed by atoms with E-state index in [-0.39, 0.29) is 0 Å². The summed E-state index contributed by atoms with van der Waals surface area (Å²) in [6.07, 6.45) is 6.68. The molecule has 0 aromatic carbocycles. The van der Waals surface area contributed by atoms with E-state index in [9.17, 15) is 0 Å². The molecular formula is C13H26N2O. The van der Waals surface area contributed by atoms with Crippen LogP contribution in [0.2, 0.25) is 0 Å². The van der Waals surface area contributed by atoms with Crippen molar-refractivity contribution in [2.24, 2.45) is 5.92 Å². The van der Waals surface area contributed by atoms with Gasteiger partial charge in [-0.05, 0) is 58.3 Å².